The zero-order valence-corrected chi connectivity index (χ0v) is 6.42. The molecule has 0 N–H and O–H groups in total. The molecule has 1 radical (unpaired) electrons. The van der Waals surface area contributed by atoms with Crippen LogP contribution in [0.15, 0.2) is 24.3 Å². The molecule has 3 heteroatoms. The number of carbonyl (C=O) groups is 1. The molecule has 0 fully saturated rings. The lowest BCUT2D eigenvalue weighted by atomic mass is 10.1. The van der Waals surface area contributed by atoms with Crippen LogP contribution in [0.2, 0.25) is 0 Å². The summed E-state index contributed by atoms with van der Waals surface area (Å²) in [6, 6.07) is 5.76. The first-order valence-electron chi connectivity index (χ1n) is 3.63. The highest BCUT2D eigenvalue weighted by molar-refractivity contribution is 5.66. The van der Waals surface area contributed by atoms with Crippen LogP contribution in [0.5, 0.6) is 0 Å². The molecule has 0 bridgehead atoms. The first-order valence-corrected chi connectivity index (χ1v) is 3.63. The Labute approximate surface area is 69.6 Å². The van der Waals surface area contributed by atoms with Crippen LogP contribution in [0.3, 0.4) is 0 Å². The Morgan fingerprint density at radius 2 is 1.83 bits per heavy atom. The van der Waals surface area contributed by atoms with Crippen molar-refractivity contribution in [2.24, 2.45) is 0 Å². The van der Waals surface area contributed by atoms with E-state index in [1.165, 1.54) is 12.1 Å². The lowest BCUT2D eigenvalue weighted by Gasteiger charge is -1.95. The summed E-state index contributed by atoms with van der Waals surface area (Å²) in [4.78, 5) is 10.1. The van der Waals surface area contributed by atoms with Gasteiger partial charge < -0.3 is 0 Å². The smallest absolute Gasteiger partial charge is 0.247 e. The van der Waals surface area contributed by atoms with Gasteiger partial charge in [-0.3, -0.25) is 0 Å². The molecule has 0 amide bonds. The normalized spacial score (nSPS) is 9.75. The molecule has 63 valence electrons. The molecule has 0 spiro atoms. The monoisotopic (exact) mass is 167 g/mol. The molecule has 0 aromatic heterocycles. The van der Waals surface area contributed by atoms with E-state index in [4.69, 9.17) is 0 Å². The summed E-state index contributed by atoms with van der Waals surface area (Å²) in [5.74, 6) is -1.40. The fourth-order valence-electron chi connectivity index (χ4n) is 0.897. The zero-order valence-electron chi connectivity index (χ0n) is 6.42. The van der Waals surface area contributed by atoms with Gasteiger partial charge in [-0.1, -0.05) is 12.1 Å². The standard InChI is InChI=1S/C9H8FO2/c10-8-4-1-7(2-5-8)3-6-9(11)12/h1-2,4-5H,3,6H2. The number of hydrogen-bond donors (Lipinski definition) is 0. The first-order chi connectivity index (χ1) is 5.68. The Bertz CT molecular complexity index is 266. The number of hydrogen-bond acceptors (Lipinski definition) is 1. The number of aryl methyl sites for hydroxylation is 1. The highest BCUT2D eigenvalue weighted by Gasteiger charge is 2.00. The van der Waals surface area contributed by atoms with Gasteiger partial charge in [0.05, 0.1) is 6.42 Å². The predicted molar refractivity (Wildman–Crippen MR) is 40.4 cm³/mol. The van der Waals surface area contributed by atoms with Gasteiger partial charge in [0, 0.05) is 0 Å². The van der Waals surface area contributed by atoms with Crippen LogP contribution in [-0.2, 0) is 16.3 Å². The van der Waals surface area contributed by atoms with Gasteiger partial charge in [0.25, 0.3) is 0 Å². The van der Waals surface area contributed by atoms with Crippen molar-refractivity contribution in [3.05, 3.63) is 35.6 Å². The van der Waals surface area contributed by atoms with Crippen molar-refractivity contribution in [1.82, 2.24) is 0 Å². The largest absolute Gasteiger partial charge is 0.355 e. The fraction of sp³-hybridized carbons (Fsp3) is 0.222. The van der Waals surface area contributed by atoms with Crippen LogP contribution >= 0.6 is 0 Å². The van der Waals surface area contributed by atoms with Crippen LogP contribution in [-0.4, -0.2) is 5.97 Å². The topological polar surface area (TPSA) is 37.0 Å². The summed E-state index contributed by atoms with van der Waals surface area (Å²) in [6.45, 7) is 0. The minimum absolute atomic E-state index is 0.0222. The van der Waals surface area contributed by atoms with Gasteiger partial charge in [-0.05, 0) is 24.1 Å². The molecular formula is C9H8FO2. The molecule has 2 nitrogen and oxygen atoms in total. The third kappa shape index (κ3) is 2.70. The maximum Gasteiger partial charge on any atom is 0.355 e. The Morgan fingerprint density at radius 3 is 2.33 bits per heavy atom. The molecule has 0 aliphatic carbocycles. The summed E-state index contributed by atoms with van der Waals surface area (Å²) in [7, 11) is 0. The van der Waals surface area contributed by atoms with Crippen molar-refractivity contribution in [1.29, 1.82) is 0 Å². The molecule has 1 aromatic rings. The molecule has 0 heterocycles. The maximum atomic E-state index is 12.4. The Balaban J connectivity index is 2.53. The van der Waals surface area contributed by atoms with Crippen molar-refractivity contribution in [2.45, 2.75) is 12.8 Å². The molecule has 0 aliphatic heterocycles. The summed E-state index contributed by atoms with van der Waals surface area (Å²) in [5.41, 5.74) is 0.806. The highest BCUT2D eigenvalue weighted by Crippen LogP contribution is 2.05. The van der Waals surface area contributed by atoms with Gasteiger partial charge >= 0.3 is 5.97 Å². The maximum absolute atomic E-state index is 12.4. The van der Waals surface area contributed by atoms with E-state index in [1.807, 2.05) is 0 Å². The van der Waals surface area contributed by atoms with E-state index in [-0.39, 0.29) is 12.2 Å². The minimum atomic E-state index is -1.08. The van der Waals surface area contributed by atoms with Crippen molar-refractivity contribution in [3.63, 3.8) is 0 Å². The SMILES string of the molecule is [O]C(=O)CCc1ccc(F)cc1. The van der Waals surface area contributed by atoms with Crippen LogP contribution in [0.1, 0.15) is 12.0 Å². The van der Waals surface area contributed by atoms with Gasteiger partial charge in [-0.2, -0.15) is 0 Å². The van der Waals surface area contributed by atoms with E-state index in [2.05, 4.69) is 0 Å². The van der Waals surface area contributed by atoms with Crippen LogP contribution in [0.25, 0.3) is 0 Å². The molecule has 1 aromatic carbocycles. The average Bonchev–Trinajstić information content (AvgIpc) is 2.03. The van der Waals surface area contributed by atoms with Gasteiger partial charge in [0.15, 0.2) is 0 Å². The lowest BCUT2D eigenvalue weighted by molar-refractivity contribution is -0.143. The lowest BCUT2D eigenvalue weighted by Crippen LogP contribution is -1.95. The second-order valence-electron chi connectivity index (χ2n) is 2.50. The molecule has 0 saturated heterocycles. The van der Waals surface area contributed by atoms with E-state index in [0.717, 1.165) is 5.56 Å². The third-order valence-corrected chi connectivity index (χ3v) is 1.53. The molecule has 1 rings (SSSR count). The molecule has 0 atom stereocenters. The second-order valence-corrected chi connectivity index (χ2v) is 2.50. The second kappa shape index (κ2) is 3.85. The van der Waals surface area contributed by atoms with Gasteiger partial charge in [0.1, 0.15) is 5.82 Å². The molecule has 0 saturated carbocycles. The molecule has 12 heavy (non-hydrogen) atoms. The van der Waals surface area contributed by atoms with Crippen molar-refractivity contribution in [2.75, 3.05) is 0 Å². The third-order valence-electron chi connectivity index (χ3n) is 1.53. The van der Waals surface area contributed by atoms with Crippen LogP contribution in [0, 0.1) is 5.82 Å². The zero-order chi connectivity index (χ0) is 8.97. The van der Waals surface area contributed by atoms with E-state index < -0.39 is 5.97 Å². The van der Waals surface area contributed by atoms with E-state index in [0.29, 0.717) is 6.42 Å². The summed E-state index contributed by atoms with van der Waals surface area (Å²) in [6.07, 6.45) is 0.369. The van der Waals surface area contributed by atoms with Gasteiger partial charge in [-0.25, -0.2) is 14.3 Å². The summed E-state index contributed by atoms with van der Waals surface area (Å²) in [5, 5.41) is 10.1. The van der Waals surface area contributed by atoms with Crippen LogP contribution < -0.4 is 0 Å². The Hall–Kier alpha value is -1.38. The van der Waals surface area contributed by atoms with E-state index in [9.17, 15) is 14.3 Å². The number of carbonyl (C=O) groups excluding carboxylic acids is 1. The summed E-state index contributed by atoms with van der Waals surface area (Å²) < 4.78 is 12.4. The van der Waals surface area contributed by atoms with Crippen LogP contribution in [0.4, 0.5) is 4.39 Å². The average molecular weight is 167 g/mol. The Kier molecular flexibility index (Phi) is 2.80. The van der Waals surface area contributed by atoms with Crippen molar-refractivity contribution in [3.8, 4) is 0 Å². The predicted octanol–water partition coefficient (Wildman–Crippen LogP) is 1.72. The fourth-order valence-corrected chi connectivity index (χ4v) is 0.897. The van der Waals surface area contributed by atoms with Crippen molar-refractivity contribution >= 4 is 5.97 Å². The minimum Gasteiger partial charge on any atom is -0.247 e. The Morgan fingerprint density at radius 1 is 1.25 bits per heavy atom. The molecule has 0 aliphatic rings. The molecular weight excluding hydrogens is 159 g/mol. The van der Waals surface area contributed by atoms with E-state index >= 15 is 0 Å². The first kappa shape index (κ1) is 8.71. The van der Waals surface area contributed by atoms with Crippen molar-refractivity contribution < 1.29 is 14.3 Å². The summed E-state index contributed by atoms with van der Waals surface area (Å²) >= 11 is 0. The van der Waals surface area contributed by atoms with E-state index in [1.54, 1.807) is 12.1 Å². The number of benzene rings is 1. The number of rotatable bonds is 3. The van der Waals surface area contributed by atoms with Gasteiger partial charge in [0.2, 0.25) is 0 Å². The highest BCUT2D eigenvalue weighted by atomic mass is 19.1. The number of halogens is 1. The van der Waals surface area contributed by atoms with Gasteiger partial charge in [-0.15, -0.1) is 0 Å². The molecule has 0 unspecified atom stereocenters. The quantitative estimate of drug-likeness (QED) is 0.675.